The van der Waals surface area contributed by atoms with Crippen molar-refractivity contribution in [3.8, 4) is 11.5 Å². The maximum atomic E-state index is 12.3. The van der Waals surface area contributed by atoms with Gasteiger partial charge < -0.3 is 19.1 Å². The van der Waals surface area contributed by atoms with Crippen molar-refractivity contribution in [3.63, 3.8) is 0 Å². The number of aliphatic imine (C=N–C) groups is 1. The lowest BCUT2D eigenvalue weighted by Gasteiger charge is -2.35. The molecule has 140 valence electrons. The highest BCUT2D eigenvalue weighted by Crippen LogP contribution is 2.34. The van der Waals surface area contributed by atoms with Gasteiger partial charge in [0.15, 0.2) is 16.7 Å². The Balaban J connectivity index is 1.76. The number of carbonyl (C=O) groups excluding carboxylic acids is 1. The van der Waals surface area contributed by atoms with Gasteiger partial charge in [0.05, 0.1) is 30.8 Å². The Morgan fingerprint density at radius 3 is 2.69 bits per heavy atom. The van der Waals surface area contributed by atoms with Gasteiger partial charge in [0.25, 0.3) is 5.91 Å². The molecule has 1 amide bonds. The van der Waals surface area contributed by atoms with Gasteiger partial charge in [-0.3, -0.25) is 4.79 Å². The van der Waals surface area contributed by atoms with Crippen LogP contribution in [-0.4, -0.2) is 55.0 Å². The number of rotatable bonds is 4. The second kappa shape index (κ2) is 8.14. The lowest BCUT2D eigenvalue weighted by atomic mass is 10.2. The fraction of sp³-hybridized carbons (Fsp3) is 0.474. The Bertz CT molecular complexity index is 737. The van der Waals surface area contributed by atoms with E-state index in [1.54, 1.807) is 7.11 Å². The molecule has 0 bridgehead atoms. The van der Waals surface area contributed by atoms with Crippen molar-refractivity contribution in [1.29, 1.82) is 0 Å². The molecule has 0 aliphatic carbocycles. The molecule has 7 heteroatoms. The van der Waals surface area contributed by atoms with Gasteiger partial charge >= 0.3 is 0 Å². The highest BCUT2D eigenvalue weighted by atomic mass is 32.2. The minimum absolute atomic E-state index is 0.126. The number of benzene rings is 1. The van der Waals surface area contributed by atoms with E-state index in [1.165, 1.54) is 11.8 Å². The van der Waals surface area contributed by atoms with Crippen LogP contribution in [0.4, 0.5) is 0 Å². The van der Waals surface area contributed by atoms with E-state index >= 15 is 0 Å². The van der Waals surface area contributed by atoms with Crippen LogP contribution in [0.1, 0.15) is 26.3 Å². The largest absolute Gasteiger partial charge is 0.493 e. The molecule has 3 rings (SSSR count). The molecule has 0 saturated carbocycles. The van der Waals surface area contributed by atoms with Gasteiger partial charge in [-0.15, -0.1) is 0 Å². The molecule has 2 heterocycles. The number of amidine groups is 1. The van der Waals surface area contributed by atoms with Crippen molar-refractivity contribution >= 4 is 28.9 Å². The van der Waals surface area contributed by atoms with Gasteiger partial charge in [-0.2, -0.15) is 4.99 Å². The number of nitrogens with zero attached hydrogens (tertiary/aromatic N) is 2. The molecule has 6 nitrogen and oxygen atoms in total. The third kappa shape index (κ3) is 4.22. The quantitative estimate of drug-likeness (QED) is 0.752. The Kier molecular flexibility index (Phi) is 5.88. The highest BCUT2D eigenvalue weighted by Gasteiger charge is 2.31. The zero-order valence-electron chi connectivity index (χ0n) is 15.5. The topological polar surface area (TPSA) is 60.4 Å². The molecule has 1 aromatic rings. The summed E-state index contributed by atoms with van der Waals surface area (Å²) in [4.78, 5) is 19.3. The fourth-order valence-corrected chi connectivity index (χ4v) is 4.00. The van der Waals surface area contributed by atoms with E-state index in [1.807, 2.05) is 45.0 Å². The minimum atomic E-state index is -0.204. The molecule has 1 saturated heterocycles. The maximum absolute atomic E-state index is 12.3. The van der Waals surface area contributed by atoms with Crippen LogP contribution in [-0.2, 0) is 9.53 Å². The summed E-state index contributed by atoms with van der Waals surface area (Å²) in [6.07, 6.45) is 2.09. The third-order valence-corrected chi connectivity index (χ3v) is 5.13. The van der Waals surface area contributed by atoms with Crippen LogP contribution in [0, 0.1) is 0 Å². The van der Waals surface area contributed by atoms with Gasteiger partial charge in [0.2, 0.25) is 0 Å². The SMILES string of the molecule is CCOc1ccc(C=C2SC(N3CC(C)OC(C)C3)=NC2=O)cc1OC. The lowest BCUT2D eigenvalue weighted by Crippen LogP contribution is -2.47. The number of amides is 1. The first-order valence-corrected chi connectivity index (χ1v) is 9.55. The van der Waals surface area contributed by atoms with Gasteiger partial charge in [-0.25, -0.2) is 0 Å². The first kappa shape index (κ1) is 18.8. The zero-order chi connectivity index (χ0) is 18.7. The van der Waals surface area contributed by atoms with Crippen LogP contribution in [0.25, 0.3) is 6.08 Å². The molecule has 0 radical (unpaired) electrons. The molecule has 0 aromatic heterocycles. The minimum Gasteiger partial charge on any atom is -0.493 e. The van der Waals surface area contributed by atoms with Crippen LogP contribution in [0.5, 0.6) is 11.5 Å². The van der Waals surface area contributed by atoms with Crippen LogP contribution in [0.3, 0.4) is 0 Å². The van der Waals surface area contributed by atoms with E-state index in [4.69, 9.17) is 14.2 Å². The number of thioether (sulfide) groups is 1. The molecule has 2 aliphatic heterocycles. The van der Waals surface area contributed by atoms with Gasteiger partial charge in [-0.05, 0) is 56.3 Å². The summed E-state index contributed by atoms with van der Waals surface area (Å²) in [5.74, 6) is 1.13. The van der Waals surface area contributed by atoms with Crippen molar-refractivity contribution in [2.24, 2.45) is 4.99 Å². The van der Waals surface area contributed by atoms with Crippen LogP contribution in [0.2, 0.25) is 0 Å². The van der Waals surface area contributed by atoms with Crippen LogP contribution < -0.4 is 9.47 Å². The normalized spacial score (nSPS) is 24.8. The summed E-state index contributed by atoms with van der Waals surface area (Å²) in [5, 5.41) is 0.751. The molecule has 1 aromatic carbocycles. The number of ether oxygens (including phenoxy) is 3. The Labute approximate surface area is 158 Å². The number of morpholine rings is 1. The number of methoxy groups -OCH3 is 1. The maximum Gasteiger partial charge on any atom is 0.286 e. The van der Waals surface area contributed by atoms with E-state index in [0.29, 0.717) is 23.0 Å². The molecule has 0 spiro atoms. The highest BCUT2D eigenvalue weighted by molar-refractivity contribution is 8.18. The third-order valence-electron chi connectivity index (χ3n) is 4.08. The summed E-state index contributed by atoms with van der Waals surface area (Å²) < 4.78 is 16.7. The monoisotopic (exact) mass is 376 g/mol. The molecule has 1 fully saturated rings. The standard InChI is InChI=1S/C19H24N2O4S/c1-5-24-15-7-6-14(8-16(15)23-4)9-17-18(22)20-19(26-17)21-10-12(2)25-13(3)11-21/h6-9,12-13H,5,10-11H2,1-4H3. The molecule has 2 unspecified atom stereocenters. The fourth-order valence-electron chi connectivity index (χ4n) is 3.07. The second-order valence-electron chi connectivity index (χ2n) is 6.32. The molecule has 0 N–H and O–H groups in total. The zero-order valence-corrected chi connectivity index (χ0v) is 16.3. The lowest BCUT2D eigenvalue weighted by molar-refractivity contribution is -0.113. The van der Waals surface area contributed by atoms with Crippen molar-refractivity contribution in [3.05, 3.63) is 28.7 Å². The van der Waals surface area contributed by atoms with Gasteiger partial charge in [0, 0.05) is 13.1 Å². The molecule has 2 aliphatic rings. The van der Waals surface area contributed by atoms with E-state index in [-0.39, 0.29) is 18.1 Å². The summed E-state index contributed by atoms with van der Waals surface area (Å²) in [7, 11) is 1.60. The van der Waals surface area contributed by atoms with Crippen molar-refractivity contribution in [2.45, 2.75) is 33.0 Å². The predicted octanol–water partition coefficient (Wildman–Crippen LogP) is 3.17. The average Bonchev–Trinajstić information content (AvgIpc) is 2.96. The Morgan fingerprint density at radius 1 is 1.31 bits per heavy atom. The van der Waals surface area contributed by atoms with Crippen molar-refractivity contribution in [2.75, 3.05) is 26.8 Å². The van der Waals surface area contributed by atoms with E-state index in [0.717, 1.165) is 23.8 Å². The first-order valence-electron chi connectivity index (χ1n) is 8.74. The summed E-state index contributed by atoms with van der Waals surface area (Å²) in [6.45, 7) is 8.05. The molecule has 2 atom stereocenters. The smallest absolute Gasteiger partial charge is 0.286 e. The summed E-state index contributed by atoms with van der Waals surface area (Å²) in [5.41, 5.74) is 0.876. The average molecular weight is 376 g/mol. The molecule has 26 heavy (non-hydrogen) atoms. The molecular formula is C19H24N2O4S. The van der Waals surface area contributed by atoms with Crippen molar-refractivity contribution < 1.29 is 19.0 Å². The van der Waals surface area contributed by atoms with Crippen molar-refractivity contribution in [1.82, 2.24) is 4.90 Å². The molecular weight excluding hydrogens is 352 g/mol. The number of hydrogen-bond acceptors (Lipinski definition) is 6. The van der Waals surface area contributed by atoms with Crippen LogP contribution in [0.15, 0.2) is 28.1 Å². The van der Waals surface area contributed by atoms with Gasteiger partial charge in [0.1, 0.15) is 0 Å². The van der Waals surface area contributed by atoms with Crippen LogP contribution >= 0.6 is 11.8 Å². The number of carbonyl (C=O) groups is 1. The second-order valence-corrected chi connectivity index (χ2v) is 7.32. The summed E-state index contributed by atoms with van der Waals surface area (Å²) >= 11 is 1.41. The van der Waals surface area contributed by atoms with E-state index < -0.39 is 0 Å². The van der Waals surface area contributed by atoms with E-state index in [2.05, 4.69) is 9.89 Å². The predicted molar refractivity (Wildman–Crippen MR) is 104 cm³/mol. The summed E-state index contributed by atoms with van der Waals surface area (Å²) in [6, 6.07) is 5.62. The van der Waals surface area contributed by atoms with E-state index in [9.17, 15) is 4.79 Å². The Hall–Kier alpha value is -1.99. The number of hydrogen-bond donors (Lipinski definition) is 0. The Morgan fingerprint density at radius 2 is 2.04 bits per heavy atom. The van der Waals surface area contributed by atoms with Gasteiger partial charge in [-0.1, -0.05) is 6.07 Å². The first-order chi connectivity index (χ1) is 12.5.